The van der Waals surface area contributed by atoms with Crippen LogP contribution in [0.3, 0.4) is 0 Å². The smallest absolute Gasteiger partial charge is 0.232 e. The minimum Gasteiger partial charge on any atom is -0.257 e. The van der Waals surface area contributed by atoms with E-state index in [-0.39, 0.29) is 0 Å². The van der Waals surface area contributed by atoms with Crippen LogP contribution in [0, 0.1) is 0 Å². The molecule has 0 aliphatic carbocycles. The number of alkyl halides is 6. The number of hydrogen-bond donors (Lipinski definition) is 0. The summed E-state index contributed by atoms with van der Waals surface area (Å²) >= 11 is 38.8. The summed E-state index contributed by atoms with van der Waals surface area (Å²) in [5, 5.41) is 0.314. The minimum atomic E-state index is -1.50. The van der Waals surface area contributed by atoms with Crippen LogP contribution in [-0.2, 0) is 7.59 Å². The fourth-order valence-electron chi connectivity index (χ4n) is 1.10. The highest BCUT2D eigenvalue weighted by Gasteiger charge is 2.24. The Bertz CT molecular complexity index is 564. The molecule has 0 atom stereocenters. The summed E-state index contributed by atoms with van der Waals surface area (Å²) in [7, 11) is 0. The maximum Gasteiger partial charge on any atom is 0.232 e. The predicted octanol–water partition coefficient (Wildman–Crippen LogP) is 6.47. The van der Waals surface area contributed by atoms with Crippen molar-refractivity contribution in [1.29, 1.82) is 0 Å². The molecule has 2 heterocycles. The molecule has 114 valence electrons. The van der Waals surface area contributed by atoms with Gasteiger partial charge in [-0.1, -0.05) is 93.3 Å². The van der Waals surface area contributed by atoms with E-state index in [1.54, 1.807) is 42.6 Å². The molecule has 0 N–H and O–H groups in total. The van der Waals surface area contributed by atoms with Gasteiger partial charge in [-0.3, -0.25) is 4.98 Å². The van der Waals surface area contributed by atoms with Crippen LogP contribution in [0.1, 0.15) is 11.4 Å². The minimum absolute atomic E-state index is 0.314. The number of halogens is 7. The highest BCUT2D eigenvalue weighted by Crippen LogP contribution is 2.37. The second-order valence-corrected chi connectivity index (χ2v) is 8.51. The van der Waals surface area contributed by atoms with Crippen molar-refractivity contribution in [3.8, 4) is 0 Å². The Kier molecular flexibility index (Phi) is 7.62. The fraction of sp³-hybridized carbons (Fsp3) is 0.167. The van der Waals surface area contributed by atoms with Crippen molar-refractivity contribution in [2.75, 3.05) is 0 Å². The van der Waals surface area contributed by atoms with Gasteiger partial charge in [0, 0.05) is 6.20 Å². The molecule has 0 fully saturated rings. The van der Waals surface area contributed by atoms with E-state index in [4.69, 9.17) is 81.2 Å². The lowest BCUT2D eigenvalue weighted by atomic mass is 10.4. The van der Waals surface area contributed by atoms with Crippen molar-refractivity contribution in [2.24, 2.45) is 0 Å². The van der Waals surface area contributed by atoms with Gasteiger partial charge < -0.3 is 0 Å². The Morgan fingerprint density at radius 2 is 1.29 bits per heavy atom. The highest BCUT2D eigenvalue weighted by molar-refractivity contribution is 6.67. The van der Waals surface area contributed by atoms with Gasteiger partial charge in [0.2, 0.25) is 7.59 Å². The van der Waals surface area contributed by atoms with Crippen molar-refractivity contribution in [1.82, 2.24) is 9.97 Å². The highest BCUT2D eigenvalue weighted by atomic mass is 35.6. The standard InChI is InChI=1S/C6H3Cl4N.C6H4Cl3N/c7-5-3-1-2-4(11-5)6(8,9)10;7-6(8,9)5-3-1-2-4-10-5/h1-3H;1-4H. The lowest BCUT2D eigenvalue weighted by Crippen LogP contribution is -2.02. The predicted molar refractivity (Wildman–Crippen MR) is 92.0 cm³/mol. The molecule has 2 aromatic rings. The molecule has 2 nitrogen and oxygen atoms in total. The molecule has 0 saturated heterocycles. The zero-order valence-electron chi connectivity index (χ0n) is 10.1. The third-order valence-corrected chi connectivity index (χ3v) is 3.33. The van der Waals surface area contributed by atoms with Gasteiger partial charge in [-0.2, -0.15) is 0 Å². The molecule has 2 rings (SSSR count). The molecule has 0 aliphatic heterocycles. The van der Waals surface area contributed by atoms with E-state index in [2.05, 4.69) is 9.97 Å². The molecule has 21 heavy (non-hydrogen) atoms. The van der Waals surface area contributed by atoms with Crippen LogP contribution in [0.25, 0.3) is 0 Å². The number of rotatable bonds is 0. The molecule has 0 bridgehead atoms. The Hall–Kier alpha value is 0.330. The van der Waals surface area contributed by atoms with Crippen LogP contribution in [0.4, 0.5) is 0 Å². The third-order valence-electron chi connectivity index (χ3n) is 1.96. The average Bonchev–Trinajstić information content (AvgIpc) is 2.38. The van der Waals surface area contributed by atoms with Gasteiger partial charge in [0.1, 0.15) is 5.15 Å². The van der Waals surface area contributed by atoms with E-state index in [0.717, 1.165) is 0 Å². The van der Waals surface area contributed by atoms with E-state index in [1.165, 1.54) is 0 Å². The van der Waals surface area contributed by atoms with E-state index >= 15 is 0 Å². The number of aromatic nitrogens is 2. The van der Waals surface area contributed by atoms with Crippen molar-refractivity contribution in [2.45, 2.75) is 7.59 Å². The maximum atomic E-state index is 5.56. The molecule has 0 unspecified atom stereocenters. The van der Waals surface area contributed by atoms with Gasteiger partial charge >= 0.3 is 0 Å². The first-order valence-corrected chi connectivity index (χ1v) is 7.93. The van der Waals surface area contributed by atoms with Crippen molar-refractivity contribution >= 4 is 81.2 Å². The lowest BCUT2D eigenvalue weighted by Gasteiger charge is -2.08. The molecule has 0 radical (unpaired) electrons. The summed E-state index contributed by atoms with van der Waals surface area (Å²) < 4.78 is -2.90. The van der Waals surface area contributed by atoms with E-state index < -0.39 is 7.59 Å². The Balaban J connectivity index is 0.000000211. The normalized spacial score (nSPS) is 11.6. The zero-order valence-corrected chi connectivity index (χ0v) is 15.4. The van der Waals surface area contributed by atoms with Crippen LogP contribution >= 0.6 is 81.2 Å². The average molecular weight is 427 g/mol. The van der Waals surface area contributed by atoms with Gasteiger partial charge in [0.15, 0.2) is 0 Å². The first-order chi connectivity index (χ1) is 9.60. The number of nitrogens with zero attached hydrogens (tertiary/aromatic N) is 2. The Morgan fingerprint density at radius 1 is 0.714 bits per heavy atom. The molecule has 0 saturated carbocycles. The maximum absolute atomic E-state index is 5.56. The van der Waals surface area contributed by atoms with Gasteiger partial charge in [0.05, 0.1) is 11.4 Å². The lowest BCUT2D eigenvalue weighted by molar-refractivity contribution is 1.09. The first kappa shape index (κ1) is 19.4. The van der Waals surface area contributed by atoms with Crippen LogP contribution in [0.5, 0.6) is 0 Å². The molecular formula is C12H7Cl7N2. The molecule has 0 spiro atoms. The summed E-state index contributed by atoms with van der Waals surface area (Å²) in [6.07, 6.45) is 1.58. The monoisotopic (exact) mass is 424 g/mol. The first-order valence-electron chi connectivity index (χ1n) is 5.28. The van der Waals surface area contributed by atoms with Crippen molar-refractivity contribution in [3.63, 3.8) is 0 Å². The summed E-state index contributed by atoms with van der Waals surface area (Å²) in [6.45, 7) is 0. The second-order valence-electron chi connectivity index (χ2n) is 3.56. The van der Waals surface area contributed by atoms with Crippen LogP contribution in [-0.4, -0.2) is 9.97 Å². The Morgan fingerprint density at radius 3 is 1.62 bits per heavy atom. The van der Waals surface area contributed by atoms with Gasteiger partial charge in [0.25, 0.3) is 0 Å². The third kappa shape index (κ3) is 7.43. The summed E-state index contributed by atoms with van der Waals surface area (Å²) in [6, 6.07) is 10.1. The van der Waals surface area contributed by atoms with Crippen molar-refractivity contribution < 1.29 is 0 Å². The summed E-state index contributed by atoms with van der Waals surface area (Å²) in [4.78, 5) is 7.67. The summed E-state index contributed by atoms with van der Waals surface area (Å²) in [5.41, 5.74) is 0.773. The van der Waals surface area contributed by atoms with E-state index in [9.17, 15) is 0 Å². The quantitative estimate of drug-likeness (QED) is 0.356. The van der Waals surface area contributed by atoms with Crippen LogP contribution in [0.2, 0.25) is 5.15 Å². The molecule has 0 aromatic carbocycles. The van der Waals surface area contributed by atoms with Crippen LogP contribution in [0.15, 0.2) is 42.6 Å². The van der Waals surface area contributed by atoms with E-state index in [1.807, 2.05) is 0 Å². The van der Waals surface area contributed by atoms with Crippen molar-refractivity contribution in [3.05, 3.63) is 59.1 Å². The topological polar surface area (TPSA) is 25.8 Å². The molecule has 9 heteroatoms. The molecule has 0 amide bonds. The molecule has 0 aliphatic rings. The largest absolute Gasteiger partial charge is 0.257 e. The second kappa shape index (κ2) is 8.26. The van der Waals surface area contributed by atoms with Gasteiger partial charge in [-0.15, -0.1) is 0 Å². The molecular weight excluding hydrogens is 420 g/mol. The SMILES string of the molecule is ClC(Cl)(Cl)c1ccccn1.Clc1cccc(C(Cl)(Cl)Cl)n1. The Labute approximate surface area is 157 Å². The van der Waals surface area contributed by atoms with Crippen LogP contribution < -0.4 is 0 Å². The van der Waals surface area contributed by atoms with E-state index in [0.29, 0.717) is 16.5 Å². The van der Waals surface area contributed by atoms with Gasteiger partial charge in [-0.25, -0.2) is 4.98 Å². The summed E-state index contributed by atoms with van der Waals surface area (Å²) in [5.74, 6) is 0. The molecule has 2 aromatic heterocycles. The van der Waals surface area contributed by atoms with Gasteiger partial charge in [-0.05, 0) is 24.3 Å². The fourth-order valence-corrected chi connectivity index (χ4v) is 1.91. The zero-order chi connectivity index (χ0) is 16.1. The number of pyridine rings is 2. The number of hydrogen-bond acceptors (Lipinski definition) is 2.